The predicted molar refractivity (Wildman–Crippen MR) is 166 cm³/mol. The lowest BCUT2D eigenvalue weighted by Gasteiger charge is -2.12. The minimum atomic E-state index is 0.592. The number of ether oxygens (including phenoxy) is 2. The lowest BCUT2D eigenvalue weighted by Crippen LogP contribution is -1.95. The van der Waals surface area contributed by atoms with E-state index in [0.717, 1.165) is 82.8 Å². The first-order valence-electron chi connectivity index (χ1n) is 13.5. The Morgan fingerprint density at radius 2 is 0.976 bits per heavy atom. The summed E-state index contributed by atoms with van der Waals surface area (Å²) in [6.07, 6.45) is 0. The zero-order chi connectivity index (χ0) is 28.2. The van der Waals surface area contributed by atoms with Crippen molar-refractivity contribution in [3.8, 4) is 34.3 Å². The average Bonchev–Trinajstić information content (AvgIpc) is 3.00. The van der Waals surface area contributed by atoms with Crippen LogP contribution in [0, 0.1) is 20.8 Å². The molecule has 7 rings (SSSR count). The second-order valence-electron chi connectivity index (χ2n) is 10.5. The standard InChI is InChI=1S/C35H28N4O2/c1-19-16-24(28-14-9-22-6-12-26-20(2)17-30(40-4)38-34(26)32(22)36-28)8-11-25(19)29-15-10-23-7-13-27-21(3)18-31(41-5)39-35(27)33(23)37-29/h6-18H,1-5H3. The Morgan fingerprint density at radius 1 is 0.463 bits per heavy atom. The smallest absolute Gasteiger partial charge is 0.213 e. The Kier molecular flexibility index (Phi) is 5.78. The molecule has 0 spiro atoms. The normalized spacial score (nSPS) is 11.5. The number of hydrogen-bond donors (Lipinski definition) is 0. The molecule has 0 amide bonds. The molecule has 6 nitrogen and oxygen atoms in total. The third kappa shape index (κ3) is 4.11. The van der Waals surface area contributed by atoms with E-state index in [1.165, 1.54) is 0 Å². The highest BCUT2D eigenvalue weighted by atomic mass is 16.5. The van der Waals surface area contributed by atoms with Gasteiger partial charge < -0.3 is 9.47 Å². The number of nitrogens with zero attached hydrogens (tertiary/aromatic N) is 4. The Labute approximate surface area is 237 Å². The van der Waals surface area contributed by atoms with Gasteiger partial charge in [0.05, 0.1) is 36.6 Å². The zero-order valence-electron chi connectivity index (χ0n) is 23.6. The molecule has 0 atom stereocenters. The number of aryl methyl sites for hydroxylation is 3. The SMILES string of the molecule is COc1cc(C)c2ccc3ccc(-c4ccc(-c5ccc6ccc7c(C)cc(OC)nc7c6n5)c(C)c4)nc3c2n1. The number of hydrogen-bond acceptors (Lipinski definition) is 6. The third-order valence-electron chi connectivity index (χ3n) is 7.86. The summed E-state index contributed by atoms with van der Waals surface area (Å²) >= 11 is 0. The van der Waals surface area contributed by atoms with Gasteiger partial charge in [-0.15, -0.1) is 0 Å². The van der Waals surface area contributed by atoms with E-state index in [9.17, 15) is 0 Å². The molecule has 0 fully saturated rings. The van der Waals surface area contributed by atoms with Crippen LogP contribution >= 0.6 is 0 Å². The first-order valence-corrected chi connectivity index (χ1v) is 13.5. The van der Waals surface area contributed by atoms with Crippen molar-refractivity contribution >= 4 is 43.6 Å². The van der Waals surface area contributed by atoms with E-state index in [0.29, 0.717) is 11.8 Å². The molecule has 0 N–H and O–H groups in total. The van der Waals surface area contributed by atoms with Gasteiger partial charge >= 0.3 is 0 Å². The van der Waals surface area contributed by atoms with Crippen molar-refractivity contribution in [1.82, 2.24) is 19.9 Å². The molecule has 6 heteroatoms. The Bertz CT molecular complexity index is 2170. The van der Waals surface area contributed by atoms with Crippen LogP contribution in [0.2, 0.25) is 0 Å². The van der Waals surface area contributed by atoms with Gasteiger partial charge in [-0.3, -0.25) is 0 Å². The highest BCUT2D eigenvalue weighted by molar-refractivity contribution is 6.06. The van der Waals surface area contributed by atoms with Crippen molar-refractivity contribution in [2.45, 2.75) is 20.8 Å². The van der Waals surface area contributed by atoms with Gasteiger partial charge in [-0.05, 0) is 55.7 Å². The van der Waals surface area contributed by atoms with E-state index in [2.05, 4.69) is 87.5 Å². The van der Waals surface area contributed by atoms with Crippen LogP contribution in [0.5, 0.6) is 11.8 Å². The van der Waals surface area contributed by atoms with Gasteiger partial charge in [0, 0.05) is 44.8 Å². The Hall–Kier alpha value is -5.10. The van der Waals surface area contributed by atoms with Crippen LogP contribution < -0.4 is 9.47 Å². The second kappa shape index (κ2) is 9.52. The maximum absolute atomic E-state index is 5.45. The second-order valence-corrected chi connectivity index (χ2v) is 10.5. The van der Waals surface area contributed by atoms with E-state index >= 15 is 0 Å². The number of rotatable bonds is 4. The van der Waals surface area contributed by atoms with E-state index in [1.807, 2.05) is 12.1 Å². The number of aromatic nitrogens is 4. The first kappa shape index (κ1) is 24.9. The van der Waals surface area contributed by atoms with Crippen LogP contribution in [0.25, 0.3) is 66.1 Å². The fraction of sp³-hybridized carbons (Fsp3) is 0.143. The summed E-state index contributed by atoms with van der Waals surface area (Å²) in [5.41, 5.74) is 10.7. The maximum atomic E-state index is 5.45. The molecule has 200 valence electrons. The molecular formula is C35H28N4O2. The monoisotopic (exact) mass is 536 g/mol. The van der Waals surface area contributed by atoms with Gasteiger partial charge in [0.25, 0.3) is 0 Å². The number of methoxy groups -OCH3 is 2. The lowest BCUT2D eigenvalue weighted by atomic mass is 9.99. The third-order valence-corrected chi connectivity index (χ3v) is 7.86. The van der Waals surface area contributed by atoms with Crippen LogP contribution in [0.3, 0.4) is 0 Å². The van der Waals surface area contributed by atoms with Gasteiger partial charge in [-0.1, -0.05) is 48.5 Å². The average molecular weight is 537 g/mol. The number of benzene rings is 3. The molecule has 0 saturated heterocycles. The maximum Gasteiger partial charge on any atom is 0.213 e. The Balaban J connectivity index is 1.34. The zero-order valence-corrected chi connectivity index (χ0v) is 23.6. The Morgan fingerprint density at radius 3 is 1.51 bits per heavy atom. The van der Waals surface area contributed by atoms with Crippen LogP contribution in [0.4, 0.5) is 0 Å². The summed E-state index contributed by atoms with van der Waals surface area (Å²) in [4.78, 5) is 19.7. The number of fused-ring (bicyclic) bond motifs is 6. The predicted octanol–water partition coefficient (Wildman–Crippen LogP) is 8.16. The van der Waals surface area contributed by atoms with Crippen molar-refractivity contribution in [3.05, 3.63) is 95.6 Å². The van der Waals surface area contributed by atoms with Crippen LogP contribution in [-0.2, 0) is 0 Å². The van der Waals surface area contributed by atoms with Crippen LogP contribution in [0.1, 0.15) is 16.7 Å². The van der Waals surface area contributed by atoms with Gasteiger partial charge in [0.2, 0.25) is 11.8 Å². The first-order chi connectivity index (χ1) is 19.9. The number of pyridine rings is 4. The fourth-order valence-electron chi connectivity index (χ4n) is 5.65. The minimum absolute atomic E-state index is 0.592. The molecule has 0 unspecified atom stereocenters. The summed E-state index contributed by atoms with van der Waals surface area (Å²) in [5, 5.41) is 4.24. The van der Waals surface area contributed by atoms with Crippen molar-refractivity contribution in [3.63, 3.8) is 0 Å². The lowest BCUT2D eigenvalue weighted by molar-refractivity contribution is 0.399. The molecule has 0 radical (unpaired) electrons. The van der Waals surface area contributed by atoms with Gasteiger partial charge in [-0.2, -0.15) is 0 Å². The van der Waals surface area contributed by atoms with Crippen LogP contribution in [-0.4, -0.2) is 34.2 Å². The van der Waals surface area contributed by atoms with E-state index in [-0.39, 0.29) is 0 Å². The van der Waals surface area contributed by atoms with Crippen molar-refractivity contribution in [1.29, 1.82) is 0 Å². The van der Waals surface area contributed by atoms with Gasteiger partial charge in [0.1, 0.15) is 11.0 Å². The minimum Gasteiger partial charge on any atom is -0.481 e. The highest BCUT2D eigenvalue weighted by Crippen LogP contribution is 2.33. The van der Waals surface area contributed by atoms with E-state index in [1.54, 1.807) is 14.2 Å². The van der Waals surface area contributed by atoms with Crippen molar-refractivity contribution in [2.75, 3.05) is 14.2 Å². The molecule has 7 aromatic rings. The topological polar surface area (TPSA) is 70.0 Å². The molecule has 41 heavy (non-hydrogen) atoms. The molecule has 0 aliphatic carbocycles. The summed E-state index contributed by atoms with van der Waals surface area (Å²) < 4.78 is 10.9. The summed E-state index contributed by atoms with van der Waals surface area (Å²) in [6.45, 7) is 6.26. The van der Waals surface area contributed by atoms with Crippen molar-refractivity contribution in [2.24, 2.45) is 0 Å². The molecule has 0 aliphatic heterocycles. The molecule has 3 aromatic carbocycles. The molecule has 4 aromatic heterocycles. The van der Waals surface area contributed by atoms with E-state index < -0.39 is 0 Å². The summed E-state index contributed by atoms with van der Waals surface area (Å²) in [5.74, 6) is 1.18. The van der Waals surface area contributed by atoms with E-state index in [4.69, 9.17) is 29.4 Å². The highest BCUT2D eigenvalue weighted by Gasteiger charge is 2.14. The largest absolute Gasteiger partial charge is 0.481 e. The molecule has 0 saturated carbocycles. The molecule has 4 heterocycles. The van der Waals surface area contributed by atoms with Gasteiger partial charge in [0.15, 0.2) is 0 Å². The van der Waals surface area contributed by atoms with Crippen molar-refractivity contribution < 1.29 is 9.47 Å². The summed E-state index contributed by atoms with van der Waals surface area (Å²) in [7, 11) is 3.28. The fourth-order valence-corrected chi connectivity index (χ4v) is 5.65. The molecule has 0 bridgehead atoms. The van der Waals surface area contributed by atoms with Gasteiger partial charge in [-0.25, -0.2) is 19.9 Å². The quantitative estimate of drug-likeness (QED) is 0.211. The molecule has 0 aliphatic rings. The molecular weight excluding hydrogens is 508 g/mol. The van der Waals surface area contributed by atoms with Crippen LogP contribution in [0.15, 0.2) is 78.9 Å². The summed E-state index contributed by atoms with van der Waals surface area (Å²) in [6, 6.07) is 27.1.